The maximum Gasteiger partial charge on any atom is 0.271 e. The first-order valence-electron chi connectivity index (χ1n) is 13.0. The van der Waals surface area contributed by atoms with E-state index < -0.39 is 6.04 Å². The second kappa shape index (κ2) is 10.5. The van der Waals surface area contributed by atoms with Crippen LogP contribution in [-0.4, -0.2) is 23.6 Å². The highest BCUT2D eigenvalue weighted by Gasteiger charge is 2.32. The lowest BCUT2D eigenvalue weighted by atomic mass is 9.95. The summed E-state index contributed by atoms with van der Waals surface area (Å²) in [6.07, 6.45) is 4.29. The molecule has 3 aromatic carbocycles. The molecule has 1 atom stereocenters. The summed E-state index contributed by atoms with van der Waals surface area (Å²) in [5.74, 6) is -0.747. The molecule has 0 radical (unpaired) electrons. The summed E-state index contributed by atoms with van der Waals surface area (Å²) in [6, 6.07) is 22.5. The minimum Gasteiger partial charge on any atom is -0.372 e. The molecule has 1 aromatic heterocycles. The van der Waals surface area contributed by atoms with Gasteiger partial charge in [0.15, 0.2) is 4.80 Å². The number of carbonyl (C=O) groups excluding carboxylic acids is 1. The Morgan fingerprint density at radius 1 is 1.00 bits per heavy atom. The van der Waals surface area contributed by atoms with Gasteiger partial charge in [-0.15, -0.1) is 0 Å². The number of amides is 1. The van der Waals surface area contributed by atoms with Crippen LogP contribution >= 0.6 is 11.3 Å². The lowest BCUT2D eigenvalue weighted by molar-refractivity contribution is -0.113. The standard InChI is InChI=1S/C31H27FN4O2S/c1-20-27(29(37)34-24-7-3-2-4-8-24)28(22-11-13-23(32)14-12-22)36-30(38)26(39-31(36)33-20)19-21-9-15-25(16-10-21)35-17-5-6-18-35/h2-4,7-16,19,28H,5-6,17-18H2,1H3,(H,34,37)/b26-19+. The van der Waals surface area contributed by atoms with E-state index in [-0.39, 0.29) is 17.3 Å². The molecule has 0 aliphatic carbocycles. The number of nitrogens with zero attached hydrogens (tertiary/aromatic N) is 3. The van der Waals surface area contributed by atoms with Gasteiger partial charge in [0, 0.05) is 24.5 Å². The molecule has 6 rings (SSSR count). The molecular weight excluding hydrogens is 511 g/mol. The molecule has 4 aromatic rings. The van der Waals surface area contributed by atoms with Crippen molar-refractivity contribution in [3.05, 3.63) is 127 Å². The van der Waals surface area contributed by atoms with E-state index in [9.17, 15) is 14.0 Å². The molecule has 196 valence electrons. The Kier molecular flexibility index (Phi) is 6.70. The Morgan fingerprint density at radius 2 is 1.69 bits per heavy atom. The van der Waals surface area contributed by atoms with Crippen molar-refractivity contribution in [2.75, 3.05) is 23.3 Å². The Balaban J connectivity index is 1.43. The van der Waals surface area contributed by atoms with Crippen molar-refractivity contribution < 1.29 is 9.18 Å². The van der Waals surface area contributed by atoms with E-state index in [2.05, 4.69) is 27.3 Å². The largest absolute Gasteiger partial charge is 0.372 e. The predicted molar refractivity (Wildman–Crippen MR) is 153 cm³/mol. The maximum atomic E-state index is 13.8. The summed E-state index contributed by atoms with van der Waals surface area (Å²) < 4.78 is 15.9. The summed E-state index contributed by atoms with van der Waals surface area (Å²) >= 11 is 1.29. The van der Waals surface area contributed by atoms with Crippen LogP contribution < -0.4 is 25.1 Å². The number of fused-ring (bicyclic) bond motifs is 1. The molecule has 1 amide bonds. The lowest BCUT2D eigenvalue weighted by Crippen LogP contribution is -2.40. The number of nitrogens with one attached hydrogen (secondary N) is 1. The molecule has 1 N–H and O–H groups in total. The number of anilines is 2. The Hall–Kier alpha value is -4.30. The molecule has 0 bridgehead atoms. The highest BCUT2D eigenvalue weighted by atomic mass is 32.1. The molecule has 39 heavy (non-hydrogen) atoms. The van der Waals surface area contributed by atoms with Gasteiger partial charge in [-0.05, 0) is 73.4 Å². The van der Waals surface area contributed by atoms with E-state index >= 15 is 0 Å². The van der Waals surface area contributed by atoms with Gasteiger partial charge in [0.05, 0.1) is 21.8 Å². The van der Waals surface area contributed by atoms with Crippen LogP contribution in [0.5, 0.6) is 0 Å². The molecule has 6 nitrogen and oxygen atoms in total. The van der Waals surface area contributed by atoms with Gasteiger partial charge in [0.25, 0.3) is 11.5 Å². The number of para-hydroxylation sites is 1. The molecule has 8 heteroatoms. The Bertz CT molecular complexity index is 1730. The topological polar surface area (TPSA) is 66.7 Å². The third-order valence-electron chi connectivity index (χ3n) is 7.15. The molecule has 2 aliphatic rings. The predicted octanol–water partition coefficient (Wildman–Crippen LogP) is 4.61. The lowest BCUT2D eigenvalue weighted by Gasteiger charge is -2.25. The van der Waals surface area contributed by atoms with Gasteiger partial charge < -0.3 is 10.2 Å². The Morgan fingerprint density at radius 3 is 2.38 bits per heavy atom. The van der Waals surface area contributed by atoms with Crippen LogP contribution in [-0.2, 0) is 4.79 Å². The van der Waals surface area contributed by atoms with Crippen LogP contribution in [0.15, 0.2) is 99.9 Å². The molecule has 2 aliphatic heterocycles. The molecule has 1 fully saturated rings. The van der Waals surface area contributed by atoms with Crippen molar-refractivity contribution >= 4 is 34.7 Å². The van der Waals surface area contributed by atoms with E-state index in [4.69, 9.17) is 0 Å². The quantitative estimate of drug-likeness (QED) is 0.404. The first-order valence-corrected chi connectivity index (χ1v) is 13.8. The fraction of sp³-hybridized carbons (Fsp3) is 0.194. The number of allylic oxidation sites excluding steroid dienone is 1. The minimum absolute atomic E-state index is 0.241. The van der Waals surface area contributed by atoms with Crippen molar-refractivity contribution in [1.82, 2.24) is 4.57 Å². The SMILES string of the molecule is CC1=C(C(=O)Nc2ccccc2)C(c2ccc(F)cc2)n2c(s/c(=C/c3ccc(N4CCCC4)cc3)c2=O)=N1. The average Bonchev–Trinajstić information content (AvgIpc) is 3.58. The Labute approximate surface area is 229 Å². The minimum atomic E-state index is -0.745. The van der Waals surface area contributed by atoms with Gasteiger partial charge in [0.2, 0.25) is 0 Å². The average molecular weight is 539 g/mol. The van der Waals surface area contributed by atoms with Crippen LogP contribution in [0.2, 0.25) is 0 Å². The van der Waals surface area contributed by atoms with Gasteiger partial charge in [-0.1, -0.05) is 53.8 Å². The zero-order chi connectivity index (χ0) is 26.9. The molecular formula is C31H27FN4O2S. The van der Waals surface area contributed by atoms with Gasteiger partial charge in [-0.25, -0.2) is 9.38 Å². The highest BCUT2D eigenvalue weighted by Crippen LogP contribution is 2.31. The van der Waals surface area contributed by atoms with E-state index in [1.54, 1.807) is 35.8 Å². The number of hydrogen-bond donors (Lipinski definition) is 1. The van der Waals surface area contributed by atoms with E-state index in [1.165, 1.54) is 42.0 Å². The van der Waals surface area contributed by atoms with Gasteiger partial charge in [-0.2, -0.15) is 0 Å². The highest BCUT2D eigenvalue weighted by molar-refractivity contribution is 7.07. The molecule has 0 spiro atoms. The van der Waals surface area contributed by atoms with Crippen LogP contribution in [0.4, 0.5) is 15.8 Å². The van der Waals surface area contributed by atoms with E-state index in [0.29, 0.717) is 31.9 Å². The number of rotatable bonds is 5. The first-order chi connectivity index (χ1) is 19.0. The van der Waals surface area contributed by atoms with Crippen LogP contribution in [0, 0.1) is 5.82 Å². The second-order valence-corrected chi connectivity index (χ2v) is 10.7. The van der Waals surface area contributed by atoms with E-state index in [0.717, 1.165) is 18.7 Å². The smallest absolute Gasteiger partial charge is 0.271 e. The van der Waals surface area contributed by atoms with Crippen LogP contribution in [0.25, 0.3) is 6.08 Å². The van der Waals surface area contributed by atoms with Gasteiger partial charge in [0.1, 0.15) is 5.82 Å². The molecule has 1 saturated heterocycles. The maximum absolute atomic E-state index is 13.8. The molecule has 3 heterocycles. The third kappa shape index (κ3) is 4.95. The normalized spacial score (nSPS) is 17.2. The summed E-state index contributed by atoms with van der Waals surface area (Å²) in [5, 5.41) is 2.92. The number of thiazole rings is 1. The fourth-order valence-corrected chi connectivity index (χ4v) is 6.25. The van der Waals surface area contributed by atoms with Crippen LogP contribution in [0.1, 0.15) is 36.9 Å². The molecule has 0 saturated carbocycles. The van der Waals surface area contributed by atoms with Crippen molar-refractivity contribution in [2.45, 2.75) is 25.8 Å². The summed E-state index contributed by atoms with van der Waals surface area (Å²) in [7, 11) is 0. The fourth-order valence-electron chi connectivity index (χ4n) is 5.20. The van der Waals surface area contributed by atoms with Gasteiger partial charge in [-0.3, -0.25) is 14.2 Å². The van der Waals surface area contributed by atoms with Gasteiger partial charge >= 0.3 is 0 Å². The van der Waals surface area contributed by atoms with Crippen molar-refractivity contribution in [1.29, 1.82) is 0 Å². The molecule has 1 unspecified atom stereocenters. The number of halogens is 1. The third-order valence-corrected chi connectivity index (χ3v) is 8.13. The van der Waals surface area contributed by atoms with Crippen molar-refractivity contribution in [3.8, 4) is 0 Å². The zero-order valence-electron chi connectivity index (χ0n) is 21.4. The summed E-state index contributed by atoms with van der Waals surface area (Å²) in [5.41, 5.74) is 3.99. The van der Waals surface area contributed by atoms with Crippen molar-refractivity contribution in [3.63, 3.8) is 0 Å². The number of benzene rings is 3. The second-order valence-electron chi connectivity index (χ2n) is 9.74. The summed E-state index contributed by atoms with van der Waals surface area (Å²) in [4.78, 5) is 34.9. The number of hydrogen-bond acceptors (Lipinski definition) is 5. The zero-order valence-corrected chi connectivity index (χ0v) is 22.2. The first kappa shape index (κ1) is 25.0. The van der Waals surface area contributed by atoms with Crippen LogP contribution in [0.3, 0.4) is 0 Å². The van der Waals surface area contributed by atoms with E-state index in [1.807, 2.05) is 36.4 Å². The monoisotopic (exact) mass is 538 g/mol. The van der Waals surface area contributed by atoms with Crippen molar-refractivity contribution in [2.24, 2.45) is 4.99 Å². The number of aromatic nitrogens is 1. The number of carbonyl (C=O) groups is 1. The summed E-state index contributed by atoms with van der Waals surface area (Å²) in [6.45, 7) is 3.91.